The molecule has 1 amide bonds. The van der Waals surface area contributed by atoms with Crippen molar-refractivity contribution >= 4 is 17.2 Å². The van der Waals surface area contributed by atoms with Crippen molar-refractivity contribution in [1.29, 1.82) is 0 Å². The molecule has 3 heterocycles. The SMILES string of the molecule is Cc1cn(C)c([C@H]2CN(C(=O)c3csc4c3CCCC4)CCO2)n1. The maximum absolute atomic E-state index is 13.0. The molecule has 2 aromatic heterocycles. The fourth-order valence-electron chi connectivity index (χ4n) is 3.77. The summed E-state index contributed by atoms with van der Waals surface area (Å²) in [6, 6.07) is 0. The lowest BCUT2D eigenvalue weighted by molar-refractivity contribution is -0.0279. The van der Waals surface area contributed by atoms with Gasteiger partial charge in [0, 0.05) is 30.0 Å². The zero-order valence-electron chi connectivity index (χ0n) is 14.2. The summed E-state index contributed by atoms with van der Waals surface area (Å²) in [5.74, 6) is 1.06. The van der Waals surface area contributed by atoms with Gasteiger partial charge in [-0.2, -0.15) is 0 Å². The Morgan fingerprint density at radius 1 is 1.38 bits per heavy atom. The van der Waals surface area contributed by atoms with E-state index in [1.165, 1.54) is 23.3 Å². The Labute approximate surface area is 146 Å². The van der Waals surface area contributed by atoms with Gasteiger partial charge in [-0.15, -0.1) is 11.3 Å². The molecular weight excluding hydrogens is 322 g/mol. The van der Waals surface area contributed by atoms with Crippen molar-refractivity contribution in [2.24, 2.45) is 7.05 Å². The number of aryl methyl sites for hydroxylation is 3. The standard InChI is InChI=1S/C18H23N3O2S/c1-12-9-20(2)17(19-12)15-10-21(7-8-23-15)18(22)14-11-24-16-6-4-3-5-13(14)16/h9,11,15H,3-8,10H2,1-2H3/t15-/m1/s1. The van der Waals surface area contributed by atoms with Crippen LogP contribution >= 0.6 is 11.3 Å². The van der Waals surface area contributed by atoms with Gasteiger partial charge >= 0.3 is 0 Å². The van der Waals surface area contributed by atoms with Crippen LogP contribution in [0.25, 0.3) is 0 Å². The summed E-state index contributed by atoms with van der Waals surface area (Å²) in [5.41, 5.74) is 3.20. The molecule has 2 aliphatic rings. The van der Waals surface area contributed by atoms with E-state index in [1.54, 1.807) is 11.3 Å². The third-order valence-corrected chi connectivity index (χ3v) is 6.05. The first-order chi connectivity index (χ1) is 11.6. The summed E-state index contributed by atoms with van der Waals surface area (Å²) in [5, 5.41) is 2.06. The summed E-state index contributed by atoms with van der Waals surface area (Å²) in [6.45, 7) is 3.78. The largest absolute Gasteiger partial charge is 0.367 e. The molecule has 0 spiro atoms. The first-order valence-corrected chi connectivity index (χ1v) is 9.51. The van der Waals surface area contributed by atoms with Crippen LogP contribution < -0.4 is 0 Å². The highest BCUT2D eigenvalue weighted by atomic mass is 32.1. The van der Waals surface area contributed by atoms with Gasteiger partial charge in [0.05, 0.1) is 24.4 Å². The normalized spacial score (nSPS) is 20.9. The first-order valence-electron chi connectivity index (χ1n) is 8.63. The summed E-state index contributed by atoms with van der Waals surface area (Å²) < 4.78 is 7.89. The van der Waals surface area contributed by atoms with E-state index in [4.69, 9.17) is 4.74 Å². The number of aromatic nitrogens is 2. The minimum absolute atomic E-state index is 0.143. The van der Waals surface area contributed by atoms with Crippen molar-refractivity contribution in [3.63, 3.8) is 0 Å². The number of hydrogen-bond acceptors (Lipinski definition) is 4. The molecule has 2 aromatic rings. The van der Waals surface area contributed by atoms with Crippen molar-refractivity contribution in [1.82, 2.24) is 14.5 Å². The van der Waals surface area contributed by atoms with Gasteiger partial charge < -0.3 is 14.2 Å². The lowest BCUT2D eigenvalue weighted by atomic mass is 9.95. The molecule has 0 aromatic carbocycles. The van der Waals surface area contributed by atoms with Crippen LogP contribution in [0, 0.1) is 6.92 Å². The summed E-state index contributed by atoms with van der Waals surface area (Å²) in [6.07, 6.45) is 6.48. The molecule has 128 valence electrons. The molecule has 1 aliphatic carbocycles. The molecule has 0 N–H and O–H groups in total. The molecule has 24 heavy (non-hydrogen) atoms. The van der Waals surface area contributed by atoms with E-state index in [-0.39, 0.29) is 12.0 Å². The minimum atomic E-state index is -0.143. The monoisotopic (exact) mass is 345 g/mol. The molecule has 5 nitrogen and oxygen atoms in total. The predicted octanol–water partition coefficient (Wildman–Crippen LogP) is 2.88. The van der Waals surface area contributed by atoms with Crippen LogP contribution in [0.1, 0.15) is 51.3 Å². The Balaban J connectivity index is 1.55. The fraction of sp³-hybridized carbons (Fsp3) is 0.556. The molecule has 6 heteroatoms. The molecular formula is C18H23N3O2S. The van der Waals surface area contributed by atoms with Crippen LogP contribution in [0.3, 0.4) is 0 Å². The van der Waals surface area contributed by atoms with Gasteiger partial charge in [0.15, 0.2) is 0 Å². The van der Waals surface area contributed by atoms with Crippen LogP contribution in [0.2, 0.25) is 0 Å². The smallest absolute Gasteiger partial charge is 0.255 e. The second kappa shape index (κ2) is 6.33. The second-order valence-corrected chi connectivity index (χ2v) is 7.68. The zero-order chi connectivity index (χ0) is 16.7. The Morgan fingerprint density at radius 3 is 3.00 bits per heavy atom. The number of carbonyl (C=O) groups is 1. The number of morpholine rings is 1. The average Bonchev–Trinajstić information content (AvgIpc) is 3.17. The van der Waals surface area contributed by atoms with Crippen LogP contribution in [0.5, 0.6) is 0 Å². The Bertz CT molecular complexity index is 764. The van der Waals surface area contributed by atoms with E-state index in [9.17, 15) is 4.79 Å². The molecule has 0 unspecified atom stereocenters. The number of rotatable bonds is 2. The van der Waals surface area contributed by atoms with E-state index in [1.807, 2.05) is 29.6 Å². The molecule has 4 rings (SSSR count). The summed E-state index contributed by atoms with van der Waals surface area (Å²) in [7, 11) is 1.98. The Morgan fingerprint density at radius 2 is 2.21 bits per heavy atom. The first kappa shape index (κ1) is 15.8. The zero-order valence-corrected chi connectivity index (χ0v) is 15.1. The highest BCUT2D eigenvalue weighted by Gasteiger charge is 2.30. The highest BCUT2D eigenvalue weighted by Crippen LogP contribution is 2.32. The molecule has 1 aliphatic heterocycles. The number of nitrogens with zero attached hydrogens (tertiary/aromatic N) is 3. The van der Waals surface area contributed by atoms with E-state index < -0.39 is 0 Å². The molecule has 1 fully saturated rings. The third kappa shape index (κ3) is 2.78. The van der Waals surface area contributed by atoms with E-state index in [0.29, 0.717) is 19.7 Å². The fourth-order valence-corrected chi connectivity index (χ4v) is 4.89. The number of amides is 1. The Hall–Kier alpha value is -1.66. The van der Waals surface area contributed by atoms with Gasteiger partial charge in [0.1, 0.15) is 11.9 Å². The van der Waals surface area contributed by atoms with Gasteiger partial charge in [-0.3, -0.25) is 4.79 Å². The van der Waals surface area contributed by atoms with Crippen molar-refractivity contribution in [2.45, 2.75) is 38.7 Å². The molecule has 0 radical (unpaired) electrons. The maximum Gasteiger partial charge on any atom is 0.255 e. The van der Waals surface area contributed by atoms with Gasteiger partial charge in [-0.05, 0) is 38.2 Å². The number of thiophene rings is 1. The lowest BCUT2D eigenvalue weighted by Gasteiger charge is -2.32. The number of carbonyl (C=O) groups excluding carboxylic acids is 1. The van der Waals surface area contributed by atoms with Crippen LogP contribution in [-0.4, -0.2) is 40.1 Å². The van der Waals surface area contributed by atoms with Gasteiger partial charge in [-0.1, -0.05) is 0 Å². The van der Waals surface area contributed by atoms with Gasteiger partial charge in [0.2, 0.25) is 0 Å². The second-order valence-electron chi connectivity index (χ2n) is 6.72. The highest BCUT2D eigenvalue weighted by molar-refractivity contribution is 7.10. The van der Waals surface area contributed by atoms with Crippen LogP contribution in [0.15, 0.2) is 11.6 Å². The molecule has 0 bridgehead atoms. The minimum Gasteiger partial charge on any atom is -0.367 e. The summed E-state index contributed by atoms with van der Waals surface area (Å²) in [4.78, 5) is 21.0. The van der Waals surface area contributed by atoms with E-state index in [2.05, 4.69) is 10.4 Å². The Kier molecular flexibility index (Phi) is 4.18. The molecule has 1 saturated heterocycles. The van der Waals surface area contributed by atoms with Crippen molar-refractivity contribution < 1.29 is 9.53 Å². The number of ether oxygens (including phenoxy) is 1. The lowest BCUT2D eigenvalue weighted by Crippen LogP contribution is -2.43. The summed E-state index contributed by atoms with van der Waals surface area (Å²) >= 11 is 1.75. The maximum atomic E-state index is 13.0. The van der Waals surface area contributed by atoms with Crippen molar-refractivity contribution in [3.05, 3.63) is 39.1 Å². The number of imidazole rings is 1. The van der Waals surface area contributed by atoms with Crippen LogP contribution in [0.4, 0.5) is 0 Å². The van der Waals surface area contributed by atoms with Crippen molar-refractivity contribution in [3.8, 4) is 0 Å². The van der Waals surface area contributed by atoms with Crippen LogP contribution in [-0.2, 0) is 24.6 Å². The average molecular weight is 345 g/mol. The van der Waals surface area contributed by atoms with Gasteiger partial charge in [0.25, 0.3) is 5.91 Å². The third-order valence-electron chi connectivity index (χ3n) is 4.97. The molecule has 0 saturated carbocycles. The van der Waals surface area contributed by atoms with E-state index in [0.717, 1.165) is 29.9 Å². The van der Waals surface area contributed by atoms with Gasteiger partial charge in [-0.25, -0.2) is 4.98 Å². The quantitative estimate of drug-likeness (QED) is 0.841. The number of fused-ring (bicyclic) bond motifs is 1. The predicted molar refractivity (Wildman–Crippen MR) is 93.5 cm³/mol. The number of hydrogen-bond donors (Lipinski definition) is 0. The topological polar surface area (TPSA) is 47.4 Å². The van der Waals surface area contributed by atoms with Crippen molar-refractivity contribution in [2.75, 3.05) is 19.7 Å². The van der Waals surface area contributed by atoms with E-state index >= 15 is 0 Å². The molecule has 1 atom stereocenters.